The van der Waals surface area contributed by atoms with Crippen molar-refractivity contribution in [3.63, 3.8) is 0 Å². The Bertz CT molecular complexity index is 844. The van der Waals surface area contributed by atoms with Gasteiger partial charge in [-0.05, 0) is 18.2 Å². The minimum atomic E-state index is -4.20. The Morgan fingerprint density at radius 3 is 2.40 bits per heavy atom. The van der Waals surface area contributed by atoms with Crippen LogP contribution < -0.4 is 0 Å². The van der Waals surface area contributed by atoms with Gasteiger partial charge in [-0.2, -0.15) is 8.42 Å². The van der Waals surface area contributed by atoms with Gasteiger partial charge in [0.1, 0.15) is 5.82 Å². The summed E-state index contributed by atoms with van der Waals surface area (Å²) in [5, 5.41) is 0. The number of hydrogen-bond donors (Lipinski definition) is 2. The van der Waals surface area contributed by atoms with Gasteiger partial charge in [0.25, 0.3) is 10.1 Å². The van der Waals surface area contributed by atoms with E-state index in [4.69, 9.17) is 4.55 Å². The van der Waals surface area contributed by atoms with Crippen molar-refractivity contribution in [2.24, 2.45) is 0 Å². The van der Waals surface area contributed by atoms with Crippen LogP contribution in [0.25, 0.3) is 22.4 Å². The monoisotopic (exact) mass is 298 g/mol. The second-order valence-electron chi connectivity index (χ2n) is 4.11. The molecule has 0 radical (unpaired) electrons. The quantitative estimate of drug-likeness (QED) is 0.558. The van der Waals surface area contributed by atoms with Gasteiger partial charge in [-0.25, -0.2) is 4.98 Å². The van der Waals surface area contributed by atoms with E-state index in [1.165, 1.54) is 12.1 Å². The summed E-state index contributed by atoms with van der Waals surface area (Å²) in [4.78, 5) is 7.27. The minimum absolute atomic E-state index is 0. The third-order valence-electron chi connectivity index (χ3n) is 2.80. The number of rotatable bonds is 2. The van der Waals surface area contributed by atoms with Crippen molar-refractivity contribution in [2.45, 2.75) is 4.90 Å². The molecule has 0 saturated heterocycles. The number of nitrogens with zero attached hydrogens (tertiary/aromatic N) is 1. The summed E-state index contributed by atoms with van der Waals surface area (Å²) in [6, 6.07) is 13.8. The fraction of sp³-hybridized carbons (Fsp3) is 0. The number of H-pyrrole nitrogens is 1. The maximum absolute atomic E-state index is 11.1. The van der Waals surface area contributed by atoms with Gasteiger partial charge in [0.15, 0.2) is 0 Å². The summed E-state index contributed by atoms with van der Waals surface area (Å²) in [5.74, 6) is 0.656. The first-order valence-corrected chi connectivity index (χ1v) is 7.01. The SMILES string of the molecule is O=S(=O)(O)c1ccc2[nH]c(-c3ccccc3)nc2c1.[NaH]. The van der Waals surface area contributed by atoms with E-state index in [0.717, 1.165) is 5.56 Å². The molecule has 0 spiro atoms. The number of hydrogen-bond acceptors (Lipinski definition) is 3. The van der Waals surface area contributed by atoms with E-state index in [1.807, 2.05) is 30.3 Å². The third-order valence-corrected chi connectivity index (χ3v) is 3.65. The van der Waals surface area contributed by atoms with Crippen LogP contribution in [0.2, 0.25) is 0 Å². The second kappa shape index (κ2) is 5.67. The molecule has 20 heavy (non-hydrogen) atoms. The second-order valence-corrected chi connectivity index (χ2v) is 5.53. The van der Waals surface area contributed by atoms with Crippen molar-refractivity contribution < 1.29 is 13.0 Å². The summed E-state index contributed by atoms with van der Waals surface area (Å²) in [7, 11) is -4.20. The number of benzene rings is 2. The Morgan fingerprint density at radius 1 is 1.05 bits per heavy atom. The van der Waals surface area contributed by atoms with Gasteiger partial charge < -0.3 is 4.98 Å². The van der Waals surface area contributed by atoms with Crippen molar-refractivity contribution in [2.75, 3.05) is 0 Å². The zero-order valence-corrected chi connectivity index (χ0v) is 10.6. The molecule has 3 rings (SSSR count). The Balaban J connectivity index is 0.00000147. The number of aromatic nitrogens is 2. The van der Waals surface area contributed by atoms with Gasteiger partial charge in [0, 0.05) is 5.56 Å². The van der Waals surface area contributed by atoms with E-state index in [9.17, 15) is 8.42 Å². The first-order chi connectivity index (χ1) is 9.04. The zero-order chi connectivity index (χ0) is 13.5. The average molecular weight is 298 g/mol. The van der Waals surface area contributed by atoms with Gasteiger partial charge in [-0.15, -0.1) is 0 Å². The summed E-state index contributed by atoms with van der Waals surface area (Å²) < 4.78 is 31.1. The van der Waals surface area contributed by atoms with Crippen LogP contribution in [-0.4, -0.2) is 52.5 Å². The molecule has 0 aliphatic heterocycles. The van der Waals surface area contributed by atoms with Crippen LogP contribution in [0, 0.1) is 0 Å². The van der Waals surface area contributed by atoms with Crippen LogP contribution >= 0.6 is 0 Å². The molecule has 0 bridgehead atoms. The van der Waals surface area contributed by atoms with E-state index >= 15 is 0 Å². The number of aromatic amines is 1. The van der Waals surface area contributed by atoms with E-state index < -0.39 is 10.1 Å². The van der Waals surface area contributed by atoms with Crippen molar-refractivity contribution >= 4 is 50.7 Å². The Labute approximate surface area is 138 Å². The first kappa shape index (κ1) is 15.2. The normalized spacial score (nSPS) is 11.2. The molecule has 7 heteroatoms. The van der Waals surface area contributed by atoms with Crippen LogP contribution in [-0.2, 0) is 10.1 Å². The van der Waals surface area contributed by atoms with E-state index in [1.54, 1.807) is 6.07 Å². The standard InChI is InChI=1S/C13H10N2O3S.Na.H/c16-19(17,18)10-6-7-11-12(8-10)15-13(14-11)9-4-2-1-3-5-9;;/h1-8H,(H,14,15)(H,16,17,18);;. The topological polar surface area (TPSA) is 83.0 Å². The third kappa shape index (κ3) is 2.94. The average Bonchev–Trinajstić information content (AvgIpc) is 2.81. The molecule has 2 N–H and O–H groups in total. The summed E-state index contributed by atoms with van der Waals surface area (Å²) >= 11 is 0. The van der Waals surface area contributed by atoms with Gasteiger partial charge in [0.2, 0.25) is 0 Å². The van der Waals surface area contributed by atoms with Crippen LogP contribution in [0.4, 0.5) is 0 Å². The summed E-state index contributed by atoms with van der Waals surface area (Å²) in [6.07, 6.45) is 0. The summed E-state index contributed by atoms with van der Waals surface area (Å²) in [6.45, 7) is 0. The molecule has 0 unspecified atom stereocenters. The Kier molecular flexibility index (Phi) is 4.31. The molecule has 3 aromatic rings. The fourth-order valence-corrected chi connectivity index (χ4v) is 2.38. The maximum atomic E-state index is 11.1. The number of nitrogens with one attached hydrogen (secondary N) is 1. The predicted molar refractivity (Wildman–Crippen MR) is 78.5 cm³/mol. The predicted octanol–water partition coefficient (Wildman–Crippen LogP) is 1.83. The number of imidazole rings is 1. The van der Waals surface area contributed by atoms with Crippen LogP contribution in [0.5, 0.6) is 0 Å². The van der Waals surface area contributed by atoms with Crippen LogP contribution in [0.15, 0.2) is 53.4 Å². The molecule has 0 saturated carbocycles. The molecule has 0 amide bonds. The molecular weight excluding hydrogens is 287 g/mol. The fourth-order valence-electron chi connectivity index (χ4n) is 1.88. The van der Waals surface area contributed by atoms with Crippen molar-refractivity contribution in [1.29, 1.82) is 0 Å². The first-order valence-electron chi connectivity index (χ1n) is 5.57. The van der Waals surface area contributed by atoms with E-state index in [-0.39, 0.29) is 34.5 Å². The van der Waals surface area contributed by atoms with Gasteiger partial charge in [-0.3, -0.25) is 4.55 Å². The Hall–Kier alpha value is -1.18. The van der Waals surface area contributed by atoms with E-state index in [0.29, 0.717) is 16.9 Å². The van der Waals surface area contributed by atoms with Gasteiger partial charge in [-0.1, -0.05) is 30.3 Å². The molecular formula is C13H11N2NaO3S. The molecule has 98 valence electrons. The van der Waals surface area contributed by atoms with Gasteiger partial charge in [0.05, 0.1) is 15.9 Å². The molecule has 5 nitrogen and oxygen atoms in total. The molecule has 1 heterocycles. The molecule has 0 aliphatic carbocycles. The van der Waals surface area contributed by atoms with Gasteiger partial charge >= 0.3 is 29.6 Å². The van der Waals surface area contributed by atoms with E-state index in [2.05, 4.69) is 9.97 Å². The zero-order valence-electron chi connectivity index (χ0n) is 9.74. The van der Waals surface area contributed by atoms with Crippen molar-refractivity contribution in [3.8, 4) is 11.4 Å². The summed E-state index contributed by atoms with van der Waals surface area (Å²) in [5.41, 5.74) is 2.12. The molecule has 0 aliphatic rings. The van der Waals surface area contributed by atoms with Crippen molar-refractivity contribution in [1.82, 2.24) is 9.97 Å². The van der Waals surface area contributed by atoms with Crippen LogP contribution in [0.1, 0.15) is 0 Å². The van der Waals surface area contributed by atoms with Crippen molar-refractivity contribution in [3.05, 3.63) is 48.5 Å². The number of fused-ring (bicyclic) bond motifs is 1. The molecule has 0 atom stereocenters. The van der Waals surface area contributed by atoms with Crippen LogP contribution in [0.3, 0.4) is 0 Å². The molecule has 2 aromatic carbocycles. The Morgan fingerprint density at radius 2 is 1.75 bits per heavy atom. The molecule has 0 fully saturated rings. The molecule has 1 aromatic heterocycles.